The minimum Gasteiger partial charge on any atom is -0.494 e. The van der Waals surface area contributed by atoms with E-state index in [0.29, 0.717) is 13.2 Å². The molecule has 6 heteroatoms. The highest BCUT2D eigenvalue weighted by atomic mass is 16.5. The summed E-state index contributed by atoms with van der Waals surface area (Å²) in [7, 11) is 0. The van der Waals surface area contributed by atoms with Crippen molar-refractivity contribution >= 4 is 12.0 Å². The average molecular weight is 286 g/mol. The first-order chi connectivity index (χ1) is 10.2. The molecule has 6 nitrogen and oxygen atoms in total. The first kappa shape index (κ1) is 14.8. The highest BCUT2D eigenvalue weighted by Crippen LogP contribution is 2.11. The Morgan fingerprint density at radius 1 is 1.19 bits per heavy atom. The average Bonchev–Trinajstić information content (AvgIpc) is 2.50. The third kappa shape index (κ3) is 5.48. The SMILES string of the molecule is Cc1ccc(OCCCNC(=O)Nc2ncccn2)cc1. The van der Waals surface area contributed by atoms with Gasteiger partial charge in [-0.25, -0.2) is 14.8 Å². The zero-order valence-electron chi connectivity index (χ0n) is 11.9. The van der Waals surface area contributed by atoms with Crippen molar-refractivity contribution in [2.24, 2.45) is 0 Å². The second kappa shape index (κ2) is 7.84. The van der Waals surface area contributed by atoms with Crippen molar-refractivity contribution in [2.45, 2.75) is 13.3 Å². The second-order valence-electron chi connectivity index (χ2n) is 4.47. The van der Waals surface area contributed by atoms with Crippen molar-refractivity contribution in [3.05, 3.63) is 48.3 Å². The predicted octanol–water partition coefficient (Wildman–Crippen LogP) is 2.38. The molecule has 2 aromatic rings. The Bertz CT molecular complexity index is 558. The molecule has 1 aromatic carbocycles. The molecule has 1 heterocycles. The molecule has 0 saturated carbocycles. The number of ether oxygens (including phenoxy) is 1. The van der Waals surface area contributed by atoms with Gasteiger partial charge in [0.25, 0.3) is 0 Å². The number of hydrogen-bond acceptors (Lipinski definition) is 4. The summed E-state index contributed by atoms with van der Waals surface area (Å²) in [6.45, 7) is 3.10. The Labute approximate surface area is 123 Å². The van der Waals surface area contributed by atoms with Gasteiger partial charge in [0.05, 0.1) is 6.61 Å². The van der Waals surface area contributed by atoms with E-state index in [9.17, 15) is 4.79 Å². The summed E-state index contributed by atoms with van der Waals surface area (Å²) in [6, 6.07) is 9.23. The van der Waals surface area contributed by atoms with Gasteiger partial charge < -0.3 is 10.1 Å². The van der Waals surface area contributed by atoms with E-state index in [1.54, 1.807) is 18.5 Å². The van der Waals surface area contributed by atoms with E-state index in [1.165, 1.54) is 5.56 Å². The van der Waals surface area contributed by atoms with Gasteiger partial charge in [-0.15, -0.1) is 0 Å². The van der Waals surface area contributed by atoms with Crippen LogP contribution in [0.25, 0.3) is 0 Å². The van der Waals surface area contributed by atoms with Crippen LogP contribution in [0.5, 0.6) is 5.75 Å². The summed E-state index contributed by atoms with van der Waals surface area (Å²) in [5.41, 5.74) is 1.20. The molecule has 21 heavy (non-hydrogen) atoms. The number of carbonyl (C=O) groups is 1. The highest BCUT2D eigenvalue weighted by molar-refractivity contribution is 5.87. The first-order valence-electron chi connectivity index (χ1n) is 6.75. The van der Waals surface area contributed by atoms with Crippen LogP contribution in [0, 0.1) is 6.92 Å². The maximum absolute atomic E-state index is 11.5. The van der Waals surface area contributed by atoms with Crippen LogP contribution in [0.3, 0.4) is 0 Å². The van der Waals surface area contributed by atoms with Gasteiger partial charge in [-0.3, -0.25) is 5.32 Å². The summed E-state index contributed by atoms with van der Waals surface area (Å²) in [5.74, 6) is 1.12. The topological polar surface area (TPSA) is 76.1 Å². The summed E-state index contributed by atoms with van der Waals surface area (Å²) in [4.78, 5) is 19.3. The largest absolute Gasteiger partial charge is 0.494 e. The zero-order chi connectivity index (χ0) is 14.9. The van der Waals surface area contributed by atoms with E-state index in [1.807, 2.05) is 31.2 Å². The first-order valence-corrected chi connectivity index (χ1v) is 6.75. The number of urea groups is 1. The van der Waals surface area contributed by atoms with Crippen molar-refractivity contribution in [1.29, 1.82) is 0 Å². The van der Waals surface area contributed by atoms with Gasteiger partial charge in [-0.2, -0.15) is 0 Å². The van der Waals surface area contributed by atoms with Crippen molar-refractivity contribution < 1.29 is 9.53 Å². The van der Waals surface area contributed by atoms with E-state index in [4.69, 9.17) is 4.74 Å². The van der Waals surface area contributed by atoms with Gasteiger partial charge in [-0.1, -0.05) is 17.7 Å². The molecule has 0 spiro atoms. The number of benzene rings is 1. The number of amides is 2. The summed E-state index contributed by atoms with van der Waals surface area (Å²) < 4.78 is 5.56. The number of anilines is 1. The lowest BCUT2D eigenvalue weighted by molar-refractivity contribution is 0.250. The Kier molecular flexibility index (Phi) is 5.51. The lowest BCUT2D eigenvalue weighted by Gasteiger charge is -2.08. The normalized spacial score (nSPS) is 9.95. The van der Waals surface area contributed by atoms with E-state index in [0.717, 1.165) is 12.2 Å². The van der Waals surface area contributed by atoms with E-state index in [-0.39, 0.29) is 12.0 Å². The Morgan fingerprint density at radius 3 is 2.62 bits per heavy atom. The quantitative estimate of drug-likeness (QED) is 0.799. The second-order valence-corrected chi connectivity index (χ2v) is 4.47. The summed E-state index contributed by atoms with van der Waals surface area (Å²) in [6.07, 6.45) is 3.85. The van der Waals surface area contributed by atoms with E-state index in [2.05, 4.69) is 20.6 Å². The maximum Gasteiger partial charge on any atom is 0.321 e. The van der Waals surface area contributed by atoms with E-state index < -0.39 is 0 Å². The maximum atomic E-state index is 11.5. The molecular formula is C15H18N4O2. The number of nitrogens with one attached hydrogen (secondary N) is 2. The molecule has 0 saturated heterocycles. The molecule has 0 aliphatic rings. The van der Waals surface area contributed by atoms with E-state index >= 15 is 0 Å². The number of rotatable bonds is 6. The van der Waals surface area contributed by atoms with Crippen LogP contribution in [0.4, 0.5) is 10.7 Å². The monoisotopic (exact) mass is 286 g/mol. The minimum absolute atomic E-state index is 0.283. The van der Waals surface area contributed by atoms with Crippen molar-refractivity contribution in [3.63, 3.8) is 0 Å². The third-order valence-electron chi connectivity index (χ3n) is 2.69. The lowest BCUT2D eigenvalue weighted by atomic mass is 10.2. The smallest absolute Gasteiger partial charge is 0.321 e. The van der Waals surface area contributed by atoms with Crippen molar-refractivity contribution in [3.8, 4) is 5.75 Å². The van der Waals surface area contributed by atoms with Crippen LogP contribution < -0.4 is 15.4 Å². The summed E-state index contributed by atoms with van der Waals surface area (Å²) in [5, 5.41) is 5.26. The molecule has 110 valence electrons. The third-order valence-corrected chi connectivity index (χ3v) is 2.69. The Hall–Kier alpha value is -2.63. The molecule has 1 aromatic heterocycles. The number of nitrogens with zero attached hydrogens (tertiary/aromatic N) is 2. The number of hydrogen-bond donors (Lipinski definition) is 2. The molecule has 0 bridgehead atoms. The number of aromatic nitrogens is 2. The molecule has 0 aliphatic carbocycles. The Balaban J connectivity index is 1.59. The lowest BCUT2D eigenvalue weighted by Crippen LogP contribution is -2.30. The fourth-order valence-corrected chi connectivity index (χ4v) is 1.61. The van der Waals surface area contributed by atoms with Crippen molar-refractivity contribution in [2.75, 3.05) is 18.5 Å². The fourth-order valence-electron chi connectivity index (χ4n) is 1.61. The molecule has 0 atom stereocenters. The van der Waals surface area contributed by atoms with Crippen LogP contribution in [0.15, 0.2) is 42.7 Å². The van der Waals surface area contributed by atoms with Crippen LogP contribution in [0.1, 0.15) is 12.0 Å². The van der Waals surface area contributed by atoms with Gasteiger partial charge in [-0.05, 0) is 31.5 Å². The van der Waals surface area contributed by atoms with Crippen LogP contribution in [0.2, 0.25) is 0 Å². The fraction of sp³-hybridized carbons (Fsp3) is 0.267. The highest BCUT2D eigenvalue weighted by Gasteiger charge is 2.02. The molecule has 2 amide bonds. The number of aryl methyl sites for hydroxylation is 1. The molecular weight excluding hydrogens is 268 g/mol. The zero-order valence-corrected chi connectivity index (χ0v) is 11.9. The molecule has 2 rings (SSSR count). The van der Waals surface area contributed by atoms with Crippen LogP contribution in [-0.4, -0.2) is 29.2 Å². The predicted molar refractivity (Wildman–Crippen MR) is 80.3 cm³/mol. The minimum atomic E-state index is -0.323. The molecule has 0 fully saturated rings. The van der Waals surface area contributed by atoms with Crippen LogP contribution in [-0.2, 0) is 0 Å². The standard InChI is InChI=1S/C15H18N4O2/c1-12-4-6-13(7-5-12)21-11-3-10-18-15(20)19-14-16-8-2-9-17-14/h2,4-9H,3,10-11H2,1H3,(H2,16,17,18,19,20). The van der Waals surface area contributed by atoms with Gasteiger partial charge in [0, 0.05) is 18.9 Å². The van der Waals surface area contributed by atoms with Gasteiger partial charge in [0.2, 0.25) is 5.95 Å². The number of carbonyl (C=O) groups excluding carboxylic acids is 1. The molecule has 0 aliphatic heterocycles. The molecule has 0 radical (unpaired) electrons. The molecule has 2 N–H and O–H groups in total. The summed E-state index contributed by atoms with van der Waals surface area (Å²) >= 11 is 0. The van der Waals surface area contributed by atoms with Gasteiger partial charge in [0.1, 0.15) is 5.75 Å². The van der Waals surface area contributed by atoms with Gasteiger partial charge in [0.15, 0.2) is 0 Å². The molecule has 0 unspecified atom stereocenters. The van der Waals surface area contributed by atoms with Crippen molar-refractivity contribution in [1.82, 2.24) is 15.3 Å². The van der Waals surface area contributed by atoms with Crippen LogP contribution >= 0.6 is 0 Å². The Morgan fingerprint density at radius 2 is 1.90 bits per heavy atom. The van der Waals surface area contributed by atoms with Gasteiger partial charge >= 0.3 is 6.03 Å².